The zero-order valence-electron chi connectivity index (χ0n) is 13.6. The minimum Gasteiger partial charge on any atom is -0.389 e. The second-order valence-electron chi connectivity index (χ2n) is 6.76. The molecule has 0 unspecified atom stereocenters. The summed E-state index contributed by atoms with van der Waals surface area (Å²) in [4.78, 5) is 26.5. The number of fused-ring (bicyclic) bond motifs is 2. The van der Waals surface area contributed by atoms with Crippen molar-refractivity contribution in [2.45, 2.75) is 50.7 Å². The van der Waals surface area contributed by atoms with Gasteiger partial charge in [-0.15, -0.1) is 0 Å². The Morgan fingerprint density at radius 1 is 1.30 bits per heavy atom. The van der Waals surface area contributed by atoms with Gasteiger partial charge in [0.1, 0.15) is 0 Å². The lowest BCUT2D eigenvalue weighted by Crippen LogP contribution is -2.42. The standard InChI is InChI=1S/C18H23NO4/c1-12(2)23-11-14(20)10-19-16(21)9-18(17(19)22)8-7-13-5-3-4-6-15(13)18/h3-6,12,14,20H,7-11H2,1-2H3/t14-,18+/m1/s1. The van der Waals surface area contributed by atoms with Crippen LogP contribution < -0.4 is 0 Å². The minimum absolute atomic E-state index is 0.00248. The molecular formula is C18H23NO4. The summed E-state index contributed by atoms with van der Waals surface area (Å²) in [6.07, 6.45) is 0.856. The Morgan fingerprint density at radius 3 is 2.78 bits per heavy atom. The molecule has 0 aromatic heterocycles. The first-order valence-electron chi connectivity index (χ1n) is 8.17. The average molecular weight is 317 g/mol. The number of ether oxygens (including phenoxy) is 1. The third kappa shape index (κ3) is 2.79. The maximum atomic E-state index is 12.9. The Kier molecular flexibility index (Phi) is 4.25. The molecule has 1 heterocycles. The number of carbonyl (C=O) groups excluding carboxylic acids is 2. The third-order valence-corrected chi connectivity index (χ3v) is 4.78. The Morgan fingerprint density at radius 2 is 2.04 bits per heavy atom. The Balaban J connectivity index is 1.76. The number of hydrogen-bond donors (Lipinski definition) is 1. The average Bonchev–Trinajstić information content (AvgIpc) is 3.00. The summed E-state index contributed by atoms with van der Waals surface area (Å²) in [5, 5.41) is 10.0. The summed E-state index contributed by atoms with van der Waals surface area (Å²) < 4.78 is 5.36. The van der Waals surface area contributed by atoms with E-state index in [4.69, 9.17) is 4.74 Å². The molecule has 124 valence electrons. The van der Waals surface area contributed by atoms with Crippen molar-refractivity contribution in [3.05, 3.63) is 35.4 Å². The fourth-order valence-corrected chi connectivity index (χ4v) is 3.65. The second-order valence-corrected chi connectivity index (χ2v) is 6.76. The van der Waals surface area contributed by atoms with Crippen molar-refractivity contribution in [2.75, 3.05) is 13.2 Å². The molecule has 1 aliphatic carbocycles. The van der Waals surface area contributed by atoms with Gasteiger partial charge < -0.3 is 9.84 Å². The SMILES string of the molecule is CC(C)OC[C@H](O)CN1C(=O)C[C@]2(CCc3ccccc32)C1=O. The van der Waals surface area contributed by atoms with E-state index >= 15 is 0 Å². The highest BCUT2D eigenvalue weighted by Crippen LogP contribution is 2.46. The lowest BCUT2D eigenvalue weighted by atomic mass is 9.80. The number of aliphatic hydroxyl groups excluding tert-OH is 1. The molecule has 1 saturated heterocycles. The van der Waals surface area contributed by atoms with Gasteiger partial charge in [0.15, 0.2) is 0 Å². The quantitative estimate of drug-likeness (QED) is 0.834. The lowest BCUT2D eigenvalue weighted by Gasteiger charge is -2.24. The number of amides is 2. The monoisotopic (exact) mass is 317 g/mol. The van der Waals surface area contributed by atoms with E-state index in [0.29, 0.717) is 6.42 Å². The Labute approximate surface area is 136 Å². The van der Waals surface area contributed by atoms with E-state index in [0.717, 1.165) is 17.5 Å². The minimum atomic E-state index is -0.850. The normalized spacial score (nSPS) is 24.8. The fourth-order valence-electron chi connectivity index (χ4n) is 3.65. The predicted octanol–water partition coefficient (Wildman–Crippen LogP) is 1.42. The number of aliphatic hydroxyl groups is 1. The molecule has 1 fully saturated rings. The number of β-amino-alcohol motifs (C(OH)–C–C–N with tert-alkyl or cyclic N) is 1. The fraction of sp³-hybridized carbons (Fsp3) is 0.556. The van der Waals surface area contributed by atoms with Crippen LogP contribution in [0.5, 0.6) is 0 Å². The highest BCUT2D eigenvalue weighted by Gasteiger charge is 2.55. The Bertz CT molecular complexity index is 627. The van der Waals surface area contributed by atoms with Gasteiger partial charge in [0.2, 0.25) is 11.8 Å². The van der Waals surface area contributed by atoms with Crippen molar-refractivity contribution in [3.8, 4) is 0 Å². The molecule has 2 amide bonds. The van der Waals surface area contributed by atoms with E-state index < -0.39 is 11.5 Å². The molecule has 0 saturated carbocycles. The van der Waals surface area contributed by atoms with Crippen LogP contribution in [0.15, 0.2) is 24.3 Å². The van der Waals surface area contributed by atoms with Crippen molar-refractivity contribution in [3.63, 3.8) is 0 Å². The van der Waals surface area contributed by atoms with Crippen LogP contribution in [-0.2, 0) is 26.2 Å². The maximum Gasteiger partial charge on any atom is 0.240 e. The Hall–Kier alpha value is -1.72. The summed E-state index contributed by atoms with van der Waals surface area (Å²) in [5.41, 5.74) is 1.42. The van der Waals surface area contributed by atoms with Crippen molar-refractivity contribution in [2.24, 2.45) is 0 Å². The number of carbonyl (C=O) groups is 2. The molecular weight excluding hydrogens is 294 g/mol. The zero-order valence-corrected chi connectivity index (χ0v) is 13.6. The van der Waals surface area contributed by atoms with E-state index in [-0.39, 0.29) is 37.5 Å². The van der Waals surface area contributed by atoms with Crippen LogP contribution >= 0.6 is 0 Å². The molecule has 1 aromatic rings. The van der Waals surface area contributed by atoms with Gasteiger partial charge in [-0.05, 0) is 37.8 Å². The lowest BCUT2D eigenvalue weighted by molar-refractivity contribution is -0.142. The van der Waals surface area contributed by atoms with E-state index in [2.05, 4.69) is 0 Å². The molecule has 1 aliphatic heterocycles. The number of rotatable bonds is 5. The number of aryl methyl sites for hydroxylation is 1. The predicted molar refractivity (Wildman–Crippen MR) is 84.9 cm³/mol. The van der Waals surface area contributed by atoms with Crippen LogP contribution in [0.25, 0.3) is 0 Å². The summed E-state index contributed by atoms with van der Waals surface area (Å²) in [6, 6.07) is 7.85. The first-order chi connectivity index (χ1) is 10.9. The zero-order chi connectivity index (χ0) is 16.6. The van der Waals surface area contributed by atoms with Gasteiger partial charge in [0, 0.05) is 6.42 Å². The second kappa shape index (κ2) is 6.06. The molecule has 1 aromatic carbocycles. The summed E-state index contributed by atoms with van der Waals surface area (Å²) >= 11 is 0. The summed E-state index contributed by atoms with van der Waals surface area (Å²) in [5.74, 6) is -0.369. The highest BCUT2D eigenvalue weighted by atomic mass is 16.5. The number of nitrogens with zero attached hydrogens (tertiary/aromatic N) is 1. The van der Waals surface area contributed by atoms with Crippen LogP contribution in [0, 0.1) is 0 Å². The van der Waals surface area contributed by atoms with Crippen molar-refractivity contribution in [1.82, 2.24) is 4.90 Å². The van der Waals surface area contributed by atoms with E-state index in [1.165, 1.54) is 4.90 Å². The molecule has 3 rings (SSSR count). The van der Waals surface area contributed by atoms with Gasteiger partial charge in [0.05, 0.1) is 30.8 Å². The van der Waals surface area contributed by atoms with Crippen molar-refractivity contribution in [1.29, 1.82) is 0 Å². The van der Waals surface area contributed by atoms with E-state index in [1.54, 1.807) is 0 Å². The molecule has 2 aliphatic rings. The van der Waals surface area contributed by atoms with Crippen LogP contribution in [0.3, 0.4) is 0 Å². The molecule has 1 spiro atoms. The molecule has 2 atom stereocenters. The number of benzene rings is 1. The third-order valence-electron chi connectivity index (χ3n) is 4.78. The number of hydrogen-bond acceptors (Lipinski definition) is 4. The summed E-state index contributed by atoms with van der Waals surface area (Å²) in [6.45, 7) is 3.89. The first-order valence-corrected chi connectivity index (χ1v) is 8.17. The topological polar surface area (TPSA) is 66.8 Å². The molecule has 0 radical (unpaired) electrons. The van der Waals surface area contributed by atoms with Gasteiger partial charge >= 0.3 is 0 Å². The van der Waals surface area contributed by atoms with Gasteiger partial charge in [-0.25, -0.2) is 0 Å². The smallest absolute Gasteiger partial charge is 0.240 e. The largest absolute Gasteiger partial charge is 0.389 e. The highest BCUT2D eigenvalue weighted by molar-refractivity contribution is 6.09. The van der Waals surface area contributed by atoms with E-state index in [9.17, 15) is 14.7 Å². The maximum absolute atomic E-state index is 12.9. The summed E-state index contributed by atoms with van der Waals surface area (Å²) in [7, 11) is 0. The van der Waals surface area contributed by atoms with Crippen molar-refractivity contribution >= 4 is 11.8 Å². The van der Waals surface area contributed by atoms with Crippen LogP contribution in [0.4, 0.5) is 0 Å². The van der Waals surface area contributed by atoms with Gasteiger partial charge in [0.25, 0.3) is 0 Å². The molecule has 5 nitrogen and oxygen atoms in total. The number of likely N-dealkylation sites (tertiary alicyclic amines) is 1. The van der Waals surface area contributed by atoms with Gasteiger partial charge in [-0.2, -0.15) is 0 Å². The van der Waals surface area contributed by atoms with Crippen LogP contribution in [0.1, 0.15) is 37.8 Å². The van der Waals surface area contributed by atoms with Crippen LogP contribution in [0.2, 0.25) is 0 Å². The molecule has 23 heavy (non-hydrogen) atoms. The number of imide groups is 1. The van der Waals surface area contributed by atoms with Gasteiger partial charge in [-0.1, -0.05) is 24.3 Å². The molecule has 5 heteroatoms. The van der Waals surface area contributed by atoms with Gasteiger partial charge in [-0.3, -0.25) is 14.5 Å². The first kappa shape index (κ1) is 16.1. The molecule has 1 N–H and O–H groups in total. The van der Waals surface area contributed by atoms with Crippen LogP contribution in [-0.4, -0.2) is 47.2 Å². The van der Waals surface area contributed by atoms with Crippen molar-refractivity contribution < 1.29 is 19.4 Å². The molecule has 0 bridgehead atoms. The van der Waals surface area contributed by atoms with E-state index in [1.807, 2.05) is 38.1 Å².